The summed E-state index contributed by atoms with van der Waals surface area (Å²) >= 11 is 9.59. The maximum atomic E-state index is 6.13. The van der Waals surface area contributed by atoms with Gasteiger partial charge in [0.05, 0.1) is 22.7 Å². The number of aromatic nitrogens is 4. The van der Waals surface area contributed by atoms with Crippen molar-refractivity contribution in [1.29, 1.82) is 0 Å². The van der Waals surface area contributed by atoms with Gasteiger partial charge in [0.2, 0.25) is 0 Å². The molecule has 0 amide bonds. The van der Waals surface area contributed by atoms with Gasteiger partial charge in [-0.05, 0) is 28.8 Å². The molecule has 17 heavy (non-hydrogen) atoms. The lowest BCUT2D eigenvalue weighted by molar-refractivity contribution is 0.896. The minimum Gasteiger partial charge on any atom is -0.331 e. The van der Waals surface area contributed by atoms with E-state index in [2.05, 4.69) is 30.9 Å². The quantitative estimate of drug-likeness (QED) is 0.800. The number of rotatable bonds is 2. The van der Waals surface area contributed by atoms with E-state index < -0.39 is 0 Å². The van der Waals surface area contributed by atoms with Gasteiger partial charge in [-0.2, -0.15) is 0 Å². The summed E-state index contributed by atoms with van der Waals surface area (Å²) in [6.07, 6.45) is 5.83. The van der Waals surface area contributed by atoms with Crippen molar-refractivity contribution in [3.63, 3.8) is 0 Å². The van der Waals surface area contributed by atoms with Crippen LogP contribution in [0.5, 0.6) is 0 Å². The summed E-state index contributed by atoms with van der Waals surface area (Å²) in [5, 5.41) is 0.470. The highest BCUT2D eigenvalue weighted by atomic mass is 79.9. The van der Waals surface area contributed by atoms with Crippen molar-refractivity contribution in [1.82, 2.24) is 19.5 Å². The van der Waals surface area contributed by atoms with E-state index in [9.17, 15) is 0 Å². The van der Waals surface area contributed by atoms with Crippen molar-refractivity contribution in [2.45, 2.75) is 18.8 Å². The second kappa shape index (κ2) is 4.07. The summed E-state index contributed by atoms with van der Waals surface area (Å²) in [6.45, 7) is 0. The van der Waals surface area contributed by atoms with Gasteiger partial charge in [-0.3, -0.25) is 0 Å². The van der Waals surface area contributed by atoms with Gasteiger partial charge in [0.15, 0.2) is 5.82 Å². The molecular formula is C11H10BrClN4. The molecule has 0 atom stereocenters. The van der Waals surface area contributed by atoms with Crippen LogP contribution in [-0.4, -0.2) is 19.5 Å². The lowest BCUT2D eigenvalue weighted by Gasteiger charge is -2.07. The molecule has 6 heteroatoms. The summed E-state index contributed by atoms with van der Waals surface area (Å²) < 4.78 is 2.71. The van der Waals surface area contributed by atoms with Gasteiger partial charge in [0.1, 0.15) is 10.8 Å². The van der Waals surface area contributed by atoms with Crippen LogP contribution in [0.2, 0.25) is 5.15 Å². The number of aryl methyl sites for hydroxylation is 1. The highest BCUT2D eigenvalue weighted by molar-refractivity contribution is 9.10. The van der Waals surface area contributed by atoms with Crippen LogP contribution in [0.1, 0.15) is 24.5 Å². The molecule has 1 fully saturated rings. The third-order valence-corrected chi connectivity index (χ3v) is 4.13. The molecule has 1 saturated carbocycles. The highest BCUT2D eigenvalue weighted by Crippen LogP contribution is 2.44. The molecule has 1 aliphatic carbocycles. The average Bonchev–Trinajstić information content (AvgIpc) is 3.05. The molecule has 1 aliphatic rings. The second-order valence-electron chi connectivity index (χ2n) is 4.20. The van der Waals surface area contributed by atoms with Crippen molar-refractivity contribution >= 4 is 27.5 Å². The van der Waals surface area contributed by atoms with Gasteiger partial charge >= 0.3 is 0 Å². The van der Waals surface area contributed by atoms with E-state index in [1.165, 1.54) is 12.8 Å². The van der Waals surface area contributed by atoms with Crippen LogP contribution >= 0.6 is 27.5 Å². The fourth-order valence-corrected chi connectivity index (χ4v) is 2.43. The Morgan fingerprint density at radius 1 is 1.41 bits per heavy atom. The summed E-state index contributed by atoms with van der Waals surface area (Å²) in [6, 6.07) is 0. The van der Waals surface area contributed by atoms with Crippen LogP contribution < -0.4 is 0 Å². The molecule has 2 aromatic rings. The van der Waals surface area contributed by atoms with Gasteiger partial charge in [0.25, 0.3) is 0 Å². The maximum absolute atomic E-state index is 6.13. The number of nitrogens with zero attached hydrogens (tertiary/aromatic N) is 4. The Bertz CT molecular complexity index is 577. The zero-order chi connectivity index (χ0) is 12.0. The van der Waals surface area contributed by atoms with Crippen LogP contribution in [0.25, 0.3) is 11.5 Å². The fourth-order valence-electron chi connectivity index (χ4n) is 1.75. The van der Waals surface area contributed by atoms with E-state index in [1.807, 2.05) is 11.6 Å². The molecule has 2 heterocycles. The number of imidazole rings is 1. The lowest BCUT2D eigenvalue weighted by Crippen LogP contribution is -2.00. The normalized spacial score (nSPS) is 15.2. The first-order chi connectivity index (χ1) is 8.16. The number of hydrogen-bond acceptors (Lipinski definition) is 3. The third-order valence-electron chi connectivity index (χ3n) is 2.85. The van der Waals surface area contributed by atoms with Crippen LogP contribution in [0.3, 0.4) is 0 Å². The minimum absolute atomic E-state index is 0.470. The molecule has 88 valence electrons. The standard InChI is InChI=1S/C11H10BrClN4/c1-17-5-14-4-7(17)11-15-9(6-2-3-6)8(12)10(13)16-11/h4-6H,2-3H2,1H3. The van der Waals surface area contributed by atoms with E-state index in [1.54, 1.807) is 12.5 Å². The number of hydrogen-bond donors (Lipinski definition) is 0. The molecule has 0 N–H and O–H groups in total. The van der Waals surface area contributed by atoms with Crippen LogP contribution in [0, 0.1) is 0 Å². The lowest BCUT2D eigenvalue weighted by atomic mass is 10.3. The first-order valence-electron chi connectivity index (χ1n) is 5.36. The van der Waals surface area contributed by atoms with E-state index in [0.717, 1.165) is 15.9 Å². The van der Waals surface area contributed by atoms with Crippen molar-refractivity contribution in [3.05, 3.63) is 27.8 Å². The molecular weight excluding hydrogens is 304 g/mol. The van der Waals surface area contributed by atoms with E-state index in [0.29, 0.717) is 16.9 Å². The van der Waals surface area contributed by atoms with Gasteiger partial charge in [0, 0.05) is 13.0 Å². The Kier molecular flexibility index (Phi) is 2.67. The van der Waals surface area contributed by atoms with Gasteiger partial charge in [-0.15, -0.1) is 0 Å². The van der Waals surface area contributed by atoms with Crippen LogP contribution in [-0.2, 0) is 7.05 Å². The van der Waals surface area contributed by atoms with Gasteiger partial charge in [-0.25, -0.2) is 15.0 Å². The zero-order valence-electron chi connectivity index (χ0n) is 9.19. The van der Waals surface area contributed by atoms with Gasteiger partial charge < -0.3 is 4.57 Å². The Labute approximate surface area is 112 Å². The molecule has 0 aromatic carbocycles. The summed E-state index contributed by atoms with van der Waals surface area (Å²) in [5.41, 5.74) is 1.89. The predicted molar refractivity (Wildman–Crippen MR) is 68.9 cm³/mol. The molecule has 0 spiro atoms. The van der Waals surface area contributed by atoms with Crippen molar-refractivity contribution < 1.29 is 0 Å². The molecule has 0 bridgehead atoms. The van der Waals surface area contributed by atoms with Crippen molar-refractivity contribution in [3.8, 4) is 11.5 Å². The zero-order valence-corrected chi connectivity index (χ0v) is 11.5. The monoisotopic (exact) mass is 312 g/mol. The van der Waals surface area contributed by atoms with Crippen molar-refractivity contribution in [2.75, 3.05) is 0 Å². The summed E-state index contributed by atoms with van der Waals surface area (Å²) in [4.78, 5) is 13.0. The molecule has 4 nitrogen and oxygen atoms in total. The van der Waals surface area contributed by atoms with Gasteiger partial charge in [-0.1, -0.05) is 11.6 Å². The predicted octanol–water partition coefficient (Wildman–Crippen LogP) is 3.17. The Morgan fingerprint density at radius 3 is 2.76 bits per heavy atom. The Hall–Kier alpha value is -0.940. The minimum atomic E-state index is 0.470. The van der Waals surface area contributed by atoms with E-state index in [-0.39, 0.29) is 0 Å². The first kappa shape index (κ1) is 11.2. The van der Waals surface area contributed by atoms with Crippen LogP contribution in [0.15, 0.2) is 17.0 Å². The Morgan fingerprint density at radius 2 is 2.18 bits per heavy atom. The third kappa shape index (κ3) is 1.98. The molecule has 0 unspecified atom stereocenters. The SMILES string of the molecule is Cn1cncc1-c1nc(Cl)c(Br)c(C2CC2)n1. The highest BCUT2D eigenvalue weighted by Gasteiger charge is 2.29. The smallest absolute Gasteiger partial charge is 0.179 e. The molecule has 0 aliphatic heterocycles. The maximum Gasteiger partial charge on any atom is 0.179 e. The first-order valence-corrected chi connectivity index (χ1v) is 6.53. The fraction of sp³-hybridized carbons (Fsp3) is 0.364. The van der Waals surface area contributed by atoms with Crippen molar-refractivity contribution in [2.24, 2.45) is 7.05 Å². The second-order valence-corrected chi connectivity index (χ2v) is 5.35. The summed E-state index contributed by atoms with van der Waals surface area (Å²) in [7, 11) is 1.92. The van der Waals surface area contributed by atoms with E-state index >= 15 is 0 Å². The number of halogens is 2. The molecule has 2 aromatic heterocycles. The van der Waals surface area contributed by atoms with Crippen LogP contribution in [0.4, 0.5) is 0 Å². The topological polar surface area (TPSA) is 43.6 Å². The molecule has 3 rings (SSSR count). The average molecular weight is 314 g/mol. The molecule has 0 radical (unpaired) electrons. The van der Waals surface area contributed by atoms with E-state index in [4.69, 9.17) is 11.6 Å². The molecule has 0 saturated heterocycles. The Balaban J connectivity index is 2.15. The largest absolute Gasteiger partial charge is 0.331 e. The summed E-state index contributed by atoms with van der Waals surface area (Å²) in [5.74, 6) is 1.16.